The van der Waals surface area contributed by atoms with Crippen molar-refractivity contribution in [2.75, 3.05) is 5.32 Å². The van der Waals surface area contributed by atoms with Crippen LogP contribution in [0.4, 0.5) is 18.9 Å². The Bertz CT molecular complexity index is 581. The van der Waals surface area contributed by atoms with Gasteiger partial charge in [-0.2, -0.15) is 13.2 Å². The minimum Gasteiger partial charge on any atom is -0.326 e. The molecule has 3 fully saturated rings. The maximum absolute atomic E-state index is 12.7. The van der Waals surface area contributed by atoms with E-state index in [0.29, 0.717) is 23.7 Å². The van der Waals surface area contributed by atoms with Crippen molar-refractivity contribution in [3.8, 4) is 0 Å². The lowest BCUT2D eigenvalue weighted by molar-refractivity contribution is -0.137. The van der Waals surface area contributed by atoms with Crippen molar-refractivity contribution in [1.82, 2.24) is 0 Å². The Hall–Kier alpha value is -1.52. The van der Waals surface area contributed by atoms with E-state index in [1.54, 1.807) is 0 Å². The highest BCUT2D eigenvalue weighted by molar-refractivity contribution is 5.95. The van der Waals surface area contributed by atoms with Gasteiger partial charge in [-0.05, 0) is 61.1 Å². The quantitative estimate of drug-likeness (QED) is 0.880. The number of hydrogen-bond donors (Lipinski definition) is 1. The SMILES string of the molecule is O=C(Nc1cccc(C(F)(F)F)c1)C1[C@H]2[C@H]3CC[C@@H](C3)[C@H]12. The summed E-state index contributed by atoms with van der Waals surface area (Å²) >= 11 is 0. The van der Waals surface area contributed by atoms with Crippen LogP contribution in [0, 0.1) is 29.6 Å². The van der Waals surface area contributed by atoms with E-state index in [2.05, 4.69) is 5.32 Å². The fraction of sp³-hybridized carbons (Fsp3) is 0.562. The highest BCUT2D eigenvalue weighted by Crippen LogP contribution is 2.69. The molecule has 0 aliphatic heterocycles. The largest absolute Gasteiger partial charge is 0.416 e. The van der Waals surface area contributed by atoms with E-state index in [-0.39, 0.29) is 17.5 Å². The van der Waals surface area contributed by atoms with Crippen molar-refractivity contribution >= 4 is 11.6 Å². The highest BCUT2D eigenvalue weighted by atomic mass is 19.4. The number of hydrogen-bond acceptors (Lipinski definition) is 1. The van der Waals surface area contributed by atoms with Gasteiger partial charge in [0.15, 0.2) is 0 Å². The van der Waals surface area contributed by atoms with Gasteiger partial charge >= 0.3 is 6.18 Å². The Morgan fingerprint density at radius 1 is 1.14 bits per heavy atom. The molecular weight excluding hydrogens is 279 g/mol. The molecule has 2 bridgehead atoms. The van der Waals surface area contributed by atoms with E-state index in [4.69, 9.17) is 0 Å². The first-order valence-corrected chi connectivity index (χ1v) is 7.43. The van der Waals surface area contributed by atoms with Crippen LogP contribution in [0.25, 0.3) is 0 Å². The van der Waals surface area contributed by atoms with E-state index in [9.17, 15) is 18.0 Å². The van der Waals surface area contributed by atoms with Crippen LogP contribution in [0.15, 0.2) is 24.3 Å². The fourth-order valence-corrected chi connectivity index (χ4v) is 4.67. The van der Waals surface area contributed by atoms with Crippen LogP contribution in [0.3, 0.4) is 0 Å². The molecule has 0 radical (unpaired) electrons. The maximum Gasteiger partial charge on any atom is 0.416 e. The Kier molecular flexibility index (Phi) is 2.66. The molecule has 0 aromatic heterocycles. The number of rotatable bonds is 2. The van der Waals surface area contributed by atoms with Gasteiger partial charge in [0.05, 0.1) is 5.56 Å². The average Bonchev–Trinajstić information content (AvgIpc) is 2.87. The van der Waals surface area contributed by atoms with E-state index < -0.39 is 11.7 Å². The topological polar surface area (TPSA) is 29.1 Å². The molecule has 5 heteroatoms. The lowest BCUT2D eigenvalue weighted by Gasteiger charge is -2.11. The van der Waals surface area contributed by atoms with Crippen molar-refractivity contribution in [1.29, 1.82) is 0 Å². The van der Waals surface area contributed by atoms with E-state index in [0.717, 1.165) is 12.1 Å². The average molecular weight is 295 g/mol. The van der Waals surface area contributed by atoms with Gasteiger partial charge in [0, 0.05) is 11.6 Å². The predicted molar refractivity (Wildman–Crippen MR) is 71.4 cm³/mol. The van der Waals surface area contributed by atoms with E-state index in [1.807, 2.05) is 0 Å². The molecule has 112 valence electrons. The monoisotopic (exact) mass is 295 g/mol. The summed E-state index contributed by atoms with van der Waals surface area (Å²) in [6, 6.07) is 4.86. The van der Waals surface area contributed by atoms with Gasteiger partial charge in [-0.3, -0.25) is 4.79 Å². The molecule has 3 aliphatic rings. The molecule has 0 spiro atoms. The fourth-order valence-electron chi connectivity index (χ4n) is 4.67. The first-order chi connectivity index (χ1) is 9.95. The standard InChI is InChI=1S/C16H16F3NO/c17-16(18,19)10-2-1-3-11(7-10)20-15(21)14-12-8-4-5-9(6-8)13(12)14/h1-3,7-9,12-14H,4-6H2,(H,20,21)/t8-,9-,12-,13-/m0/s1. The van der Waals surface area contributed by atoms with E-state index >= 15 is 0 Å². The molecule has 1 aromatic carbocycles. The lowest BCUT2D eigenvalue weighted by Crippen LogP contribution is -2.19. The normalized spacial score (nSPS) is 36.4. The number of halogens is 3. The number of carbonyl (C=O) groups excluding carboxylic acids is 1. The second-order valence-electron chi connectivity index (χ2n) is 6.58. The first kappa shape index (κ1) is 13.2. The van der Waals surface area contributed by atoms with Crippen molar-refractivity contribution in [3.63, 3.8) is 0 Å². The summed E-state index contributed by atoms with van der Waals surface area (Å²) in [6.07, 6.45) is -0.684. The van der Waals surface area contributed by atoms with Gasteiger partial charge in [0.1, 0.15) is 0 Å². The van der Waals surface area contributed by atoms with Crippen LogP contribution in [-0.4, -0.2) is 5.91 Å². The van der Waals surface area contributed by atoms with E-state index in [1.165, 1.54) is 31.4 Å². The third-order valence-electron chi connectivity index (χ3n) is 5.50. The molecule has 1 amide bonds. The molecule has 4 rings (SSSR count). The molecule has 1 aromatic rings. The van der Waals surface area contributed by atoms with Crippen molar-refractivity contribution < 1.29 is 18.0 Å². The summed E-state index contributed by atoms with van der Waals surface area (Å²) in [7, 11) is 0. The van der Waals surface area contributed by atoms with Gasteiger partial charge in [-0.25, -0.2) is 0 Å². The molecule has 0 heterocycles. The van der Waals surface area contributed by atoms with Gasteiger partial charge in [0.25, 0.3) is 0 Å². The minimum atomic E-state index is -4.38. The number of alkyl halides is 3. The number of carbonyl (C=O) groups is 1. The lowest BCUT2D eigenvalue weighted by atomic mass is 10.0. The smallest absolute Gasteiger partial charge is 0.326 e. The number of anilines is 1. The van der Waals surface area contributed by atoms with Crippen molar-refractivity contribution in [2.45, 2.75) is 25.4 Å². The molecule has 0 saturated heterocycles. The minimum absolute atomic E-state index is 0.0331. The van der Waals surface area contributed by atoms with Crippen LogP contribution in [0.2, 0.25) is 0 Å². The molecule has 0 unspecified atom stereocenters. The summed E-state index contributed by atoms with van der Waals surface area (Å²) in [5.41, 5.74) is -0.483. The van der Waals surface area contributed by atoms with Gasteiger partial charge in [-0.1, -0.05) is 6.07 Å². The summed E-state index contributed by atoms with van der Waals surface area (Å²) in [4.78, 5) is 12.3. The molecule has 2 nitrogen and oxygen atoms in total. The summed E-state index contributed by atoms with van der Waals surface area (Å²) in [5.74, 6) is 2.28. The number of nitrogens with one attached hydrogen (secondary N) is 1. The zero-order valence-corrected chi connectivity index (χ0v) is 11.4. The van der Waals surface area contributed by atoms with Crippen LogP contribution in [0.1, 0.15) is 24.8 Å². The Balaban J connectivity index is 1.46. The van der Waals surface area contributed by atoms with Crippen LogP contribution >= 0.6 is 0 Å². The zero-order valence-electron chi connectivity index (χ0n) is 11.4. The first-order valence-electron chi connectivity index (χ1n) is 7.43. The number of benzene rings is 1. The molecule has 3 saturated carbocycles. The van der Waals surface area contributed by atoms with Crippen LogP contribution in [-0.2, 0) is 11.0 Å². The van der Waals surface area contributed by atoms with Crippen molar-refractivity contribution in [3.05, 3.63) is 29.8 Å². The van der Waals surface area contributed by atoms with Crippen molar-refractivity contribution in [2.24, 2.45) is 29.6 Å². The molecular formula is C16H16F3NO. The Morgan fingerprint density at radius 3 is 2.43 bits per heavy atom. The van der Waals surface area contributed by atoms with Gasteiger partial charge in [0.2, 0.25) is 5.91 Å². The summed E-state index contributed by atoms with van der Waals surface area (Å²) in [5, 5.41) is 2.67. The molecule has 3 aliphatic carbocycles. The Labute approximate surface area is 120 Å². The third kappa shape index (κ3) is 2.05. The second-order valence-corrected chi connectivity index (χ2v) is 6.58. The van der Waals surface area contributed by atoms with Crippen LogP contribution in [0.5, 0.6) is 0 Å². The molecule has 1 N–H and O–H groups in total. The highest BCUT2D eigenvalue weighted by Gasteiger charge is 2.67. The molecule has 4 atom stereocenters. The molecule has 21 heavy (non-hydrogen) atoms. The summed E-state index contributed by atoms with van der Waals surface area (Å²) < 4.78 is 38.0. The van der Waals surface area contributed by atoms with Gasteiger partial charge in [-0.15, -0.1) is 0 Å². The Morgan fingerprint density at radius 2 is 1.81 bits per heavy atom. The predicted octanol–water partition coefficient (Wildman–Crippen LogP) is 3.94. The number of fused-ring (bicyclic) bond motifs is 5. The summed E-state index contributed by atoms with van der Waals surface area (Å²) in [6.45, 7) is 0. The second kappa shape index (κ2) is 4.24. The third-order valence-corrected chi connectivity index (χ3v) is 5.50. The number of amides is 1. The maximum atomic E-state index is 12.7. The van der Waals surface area contributed by atoms with Gasteiger partial charge < -0.3 is 5.32 Å². The van der Waals surface area contributed by atoms with Crippen LogP contribution < -0.4 is 5.32 Å². The zero-order chi connectivity index (χ0) is 14.8.